The number of rotatable bonds is 6. The molecule has 150 valence electrons. The van der Waals surface area contributed by atoms with Gasteiger partial charge in [-0.2, -0.15) is 0 Å². The van der Waals surface area contributed by atoms with E-state index in [4.69, 9.17) is 4.42 Å². The van der Waals surface area contributed by atoms with E-state index >= 15 is 0 Å². The van der Waals surface area contributed by atoms with Gasteiger partial charge >= 0.3 is 0 Å². The fourth-order valence-corrected chi connectivity index (χ4v) is 3.60. The Bertz CT molecular complexity index is 1160. The van der Waals surface area contributed by atoms with Crippen molar-refractivity contribution in [2.24, 2.45) is 0 Å². The fraction of sp³-hybridized carbons (Fsp3) is 0.0870. The quantitative estimate of drug-likeness (QED) is 0.436. The molecule has 4 aromatic rings. The lowest BCUT2D eigenvalue weighted by Gasteiger charge is -2.06. The van der Waals surface area contributed by atoms with Crippen molar-refractivity contribution in [1.82, 2.24) is 4.98 Å². The number of aromatic nitrogens is 1. The highest BCUT2D eigenvalue weighted by atomic mass is 32.1. The van der Waals surface area contributed by atoms with E-state index in [-0.39, 0.29) is 17.6 Å². The van der Waals surface area contributed by atoms with Crippen LogP contribution in [0.4, 0.5) is 10.8 Å². The van der Waals surface area contributed by atoms with E-state index in [0.717, 1.165) is 17.7 Å². The summed E-state index contributed by atoms with van der Waals surface area (Å²) in [6.07, 6.45) is 2.42. The maximum absolute atomic E-state index is 12.6. The Morgan fingerprint density at radius 3 is 2.57 bits per heavy atom. The normalized spacial score (nSPS) is 10.6. The van der Waals surface area contributed by atoms with Crippen LogP contribution in [0.1, 0.15) is 33.4 Å². The van der Waals surface area contributed by atoms with Gasteiger partial charge in [0.2, 0.25) is 0 Å². The minimum atomic E-state index is -0.379. The van der Waals surface area contributed by atoms with E-state index in [1.165, 1.54) is 23.2 Å². The molecule has 2 amide bonds. The highest BCUT2D eigenvalue weighted by molar-refractivity contribution is 7.14. The topological polar surface area (TPSA) is 84.2 Å². The zero-order chi connectivity index (χ0) is 20.9. The number of carbonyl (C=O) groups excluding carboxylic acids is 2. The standard InChI is InChI=1S/C23H19N3O3S/c1-2-15-8-10-16(11-9-15)19-14-30-23(25-19)26-21(27)17-5-3-6-18(13-17)24-22(28)20-7-4-12-29-20/h3-14H,2H2,1H3,(H,24,28)(H,25,26,27). The van der Waals surface area contributed by atoms with Crippen LogP contribution in [-0.4, -0.2) is 16.8 Å². The number of nitrogens with zero attached hydrogens (tertiary/aromatic N) is 1. The third-order valence-corrected chi connectivity index (χ3v) is 5.27. The summed E-state index contributed by atoms with van der Waals surface area (Å²) in [5.41, 5.74) is 4.00. The summed E-state index contributed by atoms with van der Waals surface area (Å²) >= 11 is 1.37. The first-order valence-electron chi connectivity index (χ1n) is 9.43. The molecule has 2 aromatic heterocycles. The molecule has 0 saturated heterocycles. The SMILES string of the molecule is CCc1ccc(-c2csc(NC(=O)c3cccc(NC(=O)c4ccco4)c3)n2)cc1. The van der Waals surface area contributed by atoms with Crippen molar-refractivity contribution < 1.29 is 14.0 Å². The van der Waals surface area contributed by atoms with Gasteiger partial charge in [-0.05, 0) is 42.3 Å². The van der Waals surface area contributed by atoms with Crippen LogP contribution >= 0.6 is 11.3 Å². The Kier molecular flexibility index (Phi) is 5.72. The molecule has 0 spiro atoms. The fourth-order valence-electron chi connectivity index (χ4n) is 2.88. The second-order valence-electron chi connectivity index (χ2n) is 6.55. The molecule has 0 aliphatic heterocycles. The Balaban J connectivity index is 1.44. The molecule has 0 aliphatic rings. The van der Waals surface area contributed by atoms with E-state index in [2.05, 4.69) is 34.7 Å². The molecule has 0 aliphatic carbocycles. The van der Waals surface area contributed by atoms with Gasteiger partial charge in [-0.15, -0.1) is 11.3 Å². The first kappa shape index (κ1) is 19.6. The average Bonchev–Trinajstić information content (AvgIpc) is 3.46. The van der Waals surface area contributed by atoms with Crippen LogP contribution in [0.3, 0.4) is 0 Å². The monoisotopic (exact) mass is 417 g/mol. The Morgan fingerprint density at radius 1 is 1.00 bits per heavy atom. The number of carbonyl (C=O) groups is 2. The van der Waals surface area contributed by atoms with Crippen LogP contribution in [-0.2, 0) is 6.42 Å². The van der Waals surface area contributed by atoms with Crippen molar-refractivity contribution in [2.45, 2.75) is 13.3 Å². The molecule has 30 heavy (non-hydrogen) atoms. The van der Waals surface area contributed by atoms with Gasteiger partial charge in [0.05, 0.1) is 12.0 Å². The zero-order valence-corrected chi connectivity index (χ0v) is 17.0. The molecule has 2 heterocycles. The second kappa shape index (κ2) is 8.75. The lowest BCUT2D eigenvalue weighted by atomic mass is 10.1. The smallest absolute Gasteiger partial charge is 0.291 e. The second-order valence-corrected chi connectivity index (χ2v) is 7.41. The molecule has 6 nitrogen and oxygen atoms in total. The van der Waals surface area contributed by atoms with Crippen molar-refractivity contribution in [1.29, 1.82) is 0 Å². The summed E-state index contributed by atoms with van der Waals surface area (Å²) in [6, 6.07) is 18.1. The minimum Gasteiger partial charge on any atom is -0.459 e. The van der Waals surface area contributed by atoms with Crippen LogP contribution in [0.5, 0.6) is 0 Å². The lowest BCUT2D eigenvalue weighted by Crippen LogP contribution is -2.14. The van der Waals surface area contributed by atoms with Crippen molar-refractivity contribution >= 4 is 34.0 Å². The molecular formula is C23H19N3O3S. The van der Waals surface area contributed by atoms with E-state index in [1.807, 2.05) is 17.5 Å². The Labute approximate surface area is 177 Å². The van der Waals surface area contributed by atoms with Gasteiger partial charge in [-0.1, -0.05) is 37.3 Å². The van der Waals surface area contributed by atoms with Crippen LogP contribution in [0.15, 0.2) is 76.7 Å². The largest absolute Gasteiger partial charge is 0.459 e. The summed E-state index contributed by atoms with van der Waals surface area (Å²) in [6.45, 7) is 2.11. The van der Waals surface area contributed by atoms with E-state index in [9.17, 15) is 9.59 Å². The van der Waals surface area contributed by atoms with Crippen molar-refractivity contribution in [3.05, 3.63) is 89.2 Å². The summed E-state index contributed by atoms with van der Waals surface area (Å²) in [5.74, 6) is -0.477. The number of aryl methyl sites for hydroxylation is 1. The third kappa shape index (κ3) is 4.47. The first-order chi connectivity index (χ1) is 14.6. The first-order valence-corrected chi connectivity index (χ1v) is 10.3. The van der Waals surface area contributed by atoms with Crippen LogP contribution < -0.4 is 10.6 Å². The zero-order valence-electron chi connectivity index (χ0n) is 16.2. The maximum atomic E-state index is 12.6. The van der Waals surface area contributed by atoms with E-state index in [0.29, 0.717) is 16.4 Å². The highest BCUT2D eigenvalue weighted by Crippen LogP contribution is 2.26. The van der Waals surface area contributed by atoms with Gasteiger partial charge in [0.1, 0.15) is 0 Å². The van der Waals surface area contributed by atoms with Gasteiger partial charge in [-0.25, -0.2) is 4.98 Å². The summed E-state index contributed by atoms with van der Waals surface area (Å²) in [7, 11) is 0. The average molecular weight is 417 g/mol. The van der Waals surface area contributed by atoms with Gasteiger partial charge in [0, 0.05) is 22.2 Å². The van der Waals surface area contributed by atoms with Crippen LogP contribution in [0.25, 0.3) is 11.3 Å². The summed E-state index contributed by atoms with van der Waals surface area (Å²) < 4.78 is 5.08. The van der Waals surface area contributed by atoms with Crippen molar-refractivity contribution in [2.75, 3.05) is 10.6 Å². The highest BCUT2D eigenvalue weighted by Gasteiger charge is 2.13. The van der Waals surface area contributed by atoms with Gasteiger partial charge in [0.25, 0.3) is 11.8 Å². The summed E-state index contributed by atoms with van der Waals surface area (Å²) in [4.78, 5) is 29.3. The molecule has 0 radical (unpaired) electrons. The molecule has 7 heteroatoms. The molecular weight excluding hydrogens is 398 g/mol. The molecule has 0 bridgehead atoms. The molecule has 0 atom stereocenters. The molecule has 0 saturated carbocycles. The Hall–Kier alpha value is -3.71. The number of thiazole rings is 1. The minimum absolute atomic E-state index is 0.201. The predicted octanol–water partition coefficient (Wildman–Crippen LogP) is 5.47. The van der Waals surface area contributed by atoms with Crippen LogP contribution in [0, 0.1) is 0 Å². The molecule has 2 aromatic carbocycles. The molecule has 0 unspecified atom stereocenters. The number of nitrogens with one attached hydrogen (secondary N) is 2. The molecule has 2 N–H and O–H groups in total. The molecule has 4 rings (SSSR count). The van der Waals surface area contributed by atoms with E-state index < -0.39 is 0 Å². The summed E-state index contributed by atoms with van der Waals surface area (Å²) in [5, 5.41) is 7.96. The van der Waals surface area contributed by atoms with Crippen molar-refractivity contribution in [3.63, 3.8) is 0 Å². The number of hydrogen-bond donors (Lipinski definition) is 2. The number of benzene rings is 2. The number of amides is 2. The number of hydrogen-bond acceptors (Lipinski definition) is 5. The number of furan rings is 1. The van der Waals surface area contributed by atoms with Gasteiger partial charge < -0.3 is 9.73 Å². The predicted molar refractivity (Wildman–Crippen MR) is 118 cm³/mol. The molecule has 0 fully saturated rings. The van der Waals surface area contributed by atoms with Crippen molar-refractivity contribution in [3.8, 4) is 11.3 Å². The van der Waals surface area contributed by atoms with E-state index in [1.54, 1.807) is 36.4 Å². The van der Waals surface area contributed by atoms with Crippen LogP contribution in [0.2, 0.25) is 0 Å². The third-order valence-electron chi connectivity index (χ3n) is 4.51. The Morgan fingerprint density at radius 2 is 1.83 bits per heavy atom. The number of anilines is 2. The van der Waals surface area contributed by atoms with Gasteiger partial charge in [-0.3, -0.25) is 14.9 Å². The maximum Gasteiger partial charge on any atom is 0.291 e. The lowest BCUT2D eigenvalue weighted by molar-refractivity contribution is 0.0993. The van der Waals surface area contributed by atoms with Gasteiger partial charge in [0.15, 0.2) is 10.9 Å².